The number of amides is 1. The maximum Gasteiger partial charge on any atom is 0.219 e. The number of carbonyl (C=O) groups excluding carboxylic acids is 1. The van der Waals surface area contributed by atoms with Gasteiger partial charge in [0.05, 0.1) is 18.4 Å². The summed E-state index contributed by atoms with van der Waals surface area (Å²) in [5.41, 5.74) is 5.04. The van der Waals surface area contributed by atoms with E-state index in [1.165, 1.54) is 0 Å². The zero-order valence-electron chi connectivity index (χ0n) is 18.2. The lowest BCUT2D eigenvalue weighted by atomic mass is 10.1. The molecule has 0 spiro atoms. The van der Waals surface area contributed by atoms with Crippen LogP contribution in [0.3, 0.4) is 0 Å². The summed E-state index contributed by atoms with van der Waals surface area (Å²) in [5, 5.41) is 8.81. The van der Waals surface area contributed by atoms with E-state index >= 15 is 0 Å². The highest BCUT2D eigenvalue weighted by atomic mass is 16.2. The second-order valence-electron chi connectivity index (χ2n) is 8.23. The van der Waals surface area contributed by atoms with Gasteiger partial charge in [-0.3, -0.25) is 14.2 Å². The Morgan fingerprint density at radius 3 is 2.25 bits per heavy atom. The molecule has 0 N–H and O–H groups in total. The maximum atomic E-state index is 11.5. The van der Waals surface area contributed by atoms with E-state index in [-0.39, 0.29) is 5.91 Å². The van der Waals surface area contributed by atoms with Crippen LogP contribution in [0.25, 0.3) is 33.6 Å². The Kier molecular flexibility index (Phi) is 5.26. The minimum atomic E-state index is 0.146. The minimum Gasteiger partial charge on any atom is -0.343 e. The van der Waals surface area contributed by atoms with Crippen molar-refractivity contribution in [3.63, 3.8) is 0 Å². The number of rotatable bonds is 4. The monoisotopic (exact) mass is 427 g/mol. The Hall–Kier alpha value is -3.81. The lowest BCUT2D eigenvalue weighted by molar-refractivity contribution is -0.130. The SMILES string of the molecule is CC(=O)N1CCC(n2cc(-c3cnc(-c4cccc(-c5cnn(C)c5)c4)nc3)cn2)CC1. The fraction of sp³-hybridized carbons (Fsp3) is 0.292. The highest BCUT2D eigenvalue weighted by Crippen LogP contribution is 2.27. The molecule has 4 heterocycles. The molecule has 4 aromatic rings. The molecule has 162 valence electrons. The summed E-state index contributed by atoms with van der Waals surface area (Å²) in [6.07, 6.45) is 13.3. The quantitative estimate of drug-likeness (QED) is 0.497. The fourth-order valence-electron chi connectivity index (χ4n) is 4.17. The molecular formula is C24H25N7O. The number of benzene rings is 1. The lowest BCUT2D eigenvalue weighted by Crippen LogP contribution is -2.37. The van der Waals surface area contributed by atoms with Crippen LogP contribution in [-0.4, -0.2) is 53.4 Å². The molecule has 0 saturated carbocycles. The van der Waals surface area contributed by atoms with Crippen LogP contribution in [0.5, 0.6) is 0 Å². The Bertz CT molecular complexity index is 1230. The molecule has 1 amide bonds. The van der Waals surface area contributed by atoms with Crippen LogP contribution in [0.4, 0.5) is 0 Å². The zero-order valence-corrected chi connectivity index (χ0v) is 18.2. The number of aryl methyl sites for hydroxylation is 1. The van der Waals surface area contributed by atoms with Gasteiger partial charge < -0.3 is 4.90 Å². The Morgan fingerprint density at radius 2 is 1.56 bits per heavy atom. The van der Waals surface area contributed by atoms with Gasteiger partial charge in [-0.25, -0.2) is 9.97 Å². The van der Waals surface area contributed by atoms with Crippen molar-refractivity contribution in [2.24, 2.45) is 7.05 Å². The van der Waals surface area contributed by atoms with Crippen LogP contribution in [0.1, 0.15) is 25.8 Å². The van der Waals surface area contributed by atoms with E-state index in [0.29, 0.717) is 11.9 Å². The molecule has 1 fully saturated rings. The smallest absolute Gasteiger partial charge is 0.219 e. The van der Waals surface area contributed by atoms with Crippen LogP contribution in [0, 0.1) is 0 Å². The van der Waals surface area contributed by atoms with Crippen molar-refractivity contribution in [3.8, 4) is 33.6 Å². The van der Waals surface area contributed by atoms with Gasteiger partial charge in [-0.2, -0.15) is 10.2 Å². The number of aromatic nitrogens is 6. The molecule has 1 saturated heterocycles. The molecule has 1 aliphatic heterocycles. The number of piperidine rings is 1. The van der Waals surface area contributed by atoms with Crippen molar-refractivity contribution in [1.29, 1.82) is 0 Å². The van der Waals surface area contributed by atoms with E-state index in [1.807, 2.05) is 59.7 Å². The number of hydrogen-bond donors (Lipinski definition) is 0. The Balaban J connectivity index is 1.31. The second kappa shape index (κ2) is 8.37. The third-order valence-corrected chi connectivity index (χ3v) is 6.03. The highest BCUT2D eigenvalue weighted by molar-refractivity contribution is 5.73. The van der Waals surface area contributed by atoms with Gasteiger partial charge >= 0.3 is 0 Å². The van der Waals surface area contributed by atoms with Gasteiger partial charge in [0.25, 0.3) is 0 Å². The molecule has 5 rings (SSSR count). The lowest BCUT2D eigenvalue weighted by Gasteiger charge is -2.31. The summed E-state index contributed by atoms with van der Waals surface area (Å²) in [6, 6.07) is 8.48. The summed E-state index contributed by atoms with van der Waals surface area (Å²) in [5.74, 6) is 0.830. The summed E-state index contributed by atoms with van der Waals surface area (Å²) in [6.45, 7) is 3.20. The van der Waals surface area contributed by atoms with Gasteiger partial charge in [-0.15, -0.1) is 0 Å². The molecule has 0 bridgehead atoms. The van der Waals surface area contributed by atoms with Gasteiger partial charge in [-0.1, -0.05) is 18.2 Å². The van der Waals surface area contributed by atoms with E-state index < -0.39 is 0 Å². The van der Waals surface area contributed by atoms with Gasteiger partial charge in [-0.05, 0) is 24.5 Å². The molecule has 0 unspecified atom stereocenters. The third-order valence-electron chi connectivity index (χ3n) is 6.03. The van der Waals surface area contributed by atoms with Crippen LogP contribution in [0.2, 0.25) is 0 Å². The largest absolute Gasteiger partial charge is 0.343 e. The molecule has 0 aliphatic carbocycles. The normalized spacial score (nSPS) is 14.6. The molecule has 32 heavy (non-hydrogen) atoms. The first-order valence-electron chi connectivity index (χ1n) is 10.8. The van der Waals surface area contributed by atoms with Crippen molar-refractivity contribution in [2.75, 3.05) is 13.1 Å². The summed E-state index contributed by atoms with van der Waals surface area (Å²) in [7, 11) is 1.91. The molecular weight excluding hydrogens is 402 g/mol. The van der Waals surface area contributed by atoms with Crippen LogP contribution in [-0.2, 0) is 11.8 Å². The summed E-state index contributed by atoms with van der Waals surface area (Å²) < 4.78 is 3.80. The average Bonchev–Trinajstić information content (AvgIpc) is 3.49. The van der Waals surface area contributed by atoms with Gasteiger partial charge in [0.2, 0.25) is 5.91 Å². The van der Waals surface area contributed by atoms with E-state index in [0.717, 1.165) is 53.7 Å². The topological polar surface area (TPSA) is 81.7 Å². The van der Waals surface area contributed by atoms with Crippen molar-refractivity contribution in [1.82, 2.24) is 34.4 Å². The standard InChI is InChI=1S/C24H25N7O/c1-17(32)30-8-6-23(7-9-30)31-16-22(14-28-31)20-11-25-24(26-12-20)19-5-3-4-18(10-19)21-13-27-29(2)15-21/h3-5,10-16,23H,6-9H2,1-2H3. The predicted octanol–water partition coefficient (Wildman–Crippen LogP) is 3.59. The maximum absolute atomic E-state index is 11.5. The third kappa shape index (κ3) is 4.03. The molecule has 8 heteroatoms. The van der Waals surface area contributed by atoms with Crippen LogP contribution >= 0.6 is 0 Å². The molecule has 8 nitrogen and oxygen atoms in total. The van der Waals surface area contributed by atoms with Crippen LogP contribution < -0.4 is 0 Å². The predicted molar refractivity (Wildman–Crippen MR) is 121 cm³/mol. The first-order valence-corrected chi connectivity index (χ1v) is 10.8. The number of carbonyl (C=O) groups is 1. The zero-order chi connectivity index (χ0) is 22.1. The van der Waals surface area contributed by atoms with E-state index in [1.54, 1.807) is 11.6 Å². The number of likely N-dealkylation sites (tertiary alicyclic amines) is 1. The molecule has 1 aliphatic rings. The van der Waals surface area contributed by atoms with E-state index in [9.17, 15) is 4.79 Å². The number of hydrogen-bond acceptors (Lipinski definition) is 5. The summed E-state index contributed by atoms with van der Waals surface area (Å²) in [4.78, 5) is 22.6. The van der Waals surface area contributed by atoms with Crippen molar-refractivity contribution < 1.29 is 4.79 Å². The minimum absolute atomic E-state index is 0.146. The number of nitrogens with zero attached hydrogens (tertiary/aromatic N) is 7. The Labute approximate surface area is 186 Å². The van der Waals surface area contributed by atoms with E-state index in [4.69, 9.17) is 0 Å². The molecule has 3 aromatic heterocycles. The highest BCUT2D eigenvalue weighted by Gasteiger charge is 2.22. The first-order chi connectivity index (χ1) is 15.6. The van der Waals surface area contributed by atoms with Crippen molar-refractivity contribution in [2.45, 2.75) is 25.8 Å². The second-order valence-corrected chi connectivity index (χ2v) is 8.23. The van der Waals surface area contributed by atoms with E-state index in [2.05, 4.69) is 38.5 Å². The fourth-order valence-corrected chi connectivity index (χ4v) is 4.17. The summed E-state index contributed by atoms with van der Waals surface area (Å²) >= 11 is 0. The molecule has 0 radical (unpaired) electrons. The van der Waals surface area contributed by atoms with Crippen molar-refractivity contribution in [3.05, 3.63) is 61.4 Å². The van der Waals surface area contributed by atoms with Gasteiger partial charge in [0.1, 0.15) is 0 Å². The average molecular weight is 428 g/mol. The molecule has 0 atom stereocenters. The van der Waals surface area contributed by atoms with Crippen LogP contribution in [0.15, 0.2) is 61.4 Å². The van der Waals surface area contributed by atoms with Gasteiger partial charge in [0.15, 0.2) is 5.82 Å². The first kappa shape index (κ1) is 20.1. The van der Waals surface area contributed by atoms with Gasteiger partial charge in [0, 0.05) is 74.1 Å². The Morgan fingerprint density at radius 1 is 0.875 bits per heavy atom. The molecule has 1 aromatic carbocycles. The van der Waals surface area contributed by atoms with Crippen molar-refractivity contribution >= 4 is 5.91 Å².